The number of aliphatic hydroxyl groups is 1. The van der Waals surface area contributed by atoms with E-state index in [4.69, 9.17) is 21.1 Å². The first-order chi connectivity index (χ1) is 13.4. The zero-order valence-electron chi connectivity index (χ0n) is 15.5. The molecule has 0 spiro atoms. The van der Waals surface area contributed by atoms with Crippen molar-refractivity contribution < 1.29 is 49.2 Å². The van der Waals surface area contributed by atoms with Crippen molar-refractivity contribution in [2.75, 3.05) is 6.54 Å². The van der Waals surface area contributed by atoms with Gasteiger partial charge in [-0.25, -0.2) is 4.79 Å². The normalized spacial score (nSPS) is 14.6. The number of carboxylic acid groups (broad SMARTS) is 3. The van der Waals surface area contributed by atoms with Crippen LogP contribution in [0.1, 0.15) is 26.2 Å². The Morgan fingerprint density at radius 3 is 1.86 bits per heavy atom. The summed E-state index contributed by atoms with van der Waals surface area (Å²) < 4.78 is 0. The van der Waals surface area contributed by atoms with Crippen LogP contribution in [0.15, 0.2) is 0 Å². The molecule has 4 unspecified atom stereocenters. The highest BCUT2D eigenvalue weighted by molar-refractivity contribution is 5.95. The maximum Gasteiger partial charge on any atom is 0.326 e. The maximum absolute atomic E-state index is 12.3. The Kier molecular flexibility index (Phi) is 10.9. The molecule has 4 atom stereocenters. The minimum absolute atomic E-state index is 0.453. The fourth-order valence-corrected chi connectivity index (χ4v) is 2.08. The van der Waals surface area contributed by atoms with Crippen molar-refractivity contribution >= 4 is 35.6 Å². The van der Waals surface area contributed by atoms with Crippen LogP contribution in [0, 0.1) is 0 Å². The van der Waals surface area contributed by atoms with Crippen molar-refractivity contribution in [3.63, 3.8) is 0 Å². The van der Waals surface area contributed by atoms with Crippen LogP contribution in [0.4, 0.5) is 0 Å². The van der Waals surface area contributed by atoms with Crippen molar-refractivity contribution in [3.8, 4) is 0 Å². The fraction of sp³-hybridized carbons (Fsp3) is 0.600. The number of nitrogens with two attached hydrogens (primary N) is 1. The molecule has 9 N–H and O–H groups in total. The molecule has 0 aliphatic heterocycles. The van der Waals surface area contributed by atoms with Crippen LogP contribution >= 0.6 is 0 Å². The summed E-state index contributed by atoms with van der Waals surface area (Å²) in [6, 6.07) is -4.93. The maximum atomic E-state index is 12.3. The molecule has 0 saturated heterocycles. The summed E-state index contributed by atoms with van der Waals surface area (Å²) in [5.41, 5.74) is 5.09. The third-order valence-corrected chi connectivity index (χ3v) is 3.54. The molecule has 0 heterocycles. The molecular formula is C15H24N4O10. The van der Waals surface area contributed by atoms with Crippen molar-refractivity contribution in [1.29, 1.82) is 0 Å². The quantitative estimate of drug-likeness (QED) is 0.143. The van der Waals surface area contributed by atoms with E-state index in [1.54, 1.807) is 0 Å². The van der Waals surface area contributed by atoms with Crippen LogP contribution in [-0.2, 0) is 28.8 Å². The van der Waals surface area contributed by atoms with Gasteiger partial charge in [-0.1, -0.05) is 0 Å². The summed E-state index contributed by atoms with van der Waals surface area (Å²) in [5, 5.41) is 42.4. The van der Waals surface area contributed by atoms with Crippen LogP contribution in [0.25, 0.3) is 0 Å². The number of amides is 3. The zero-order valence-corrected chi connectivity index (χ0v) is 15.5. The lowest BCUT2D eigenvalue weighted by Gasteiger charge is -2.25. The molecule has 14 nitrogen and oxygen atoms in total. The Morgan fingerprint density at radius 2 is 1.45 bits per heavy atom. The Labute approximate surface area is 164 Å². The molecule has 164 valence electrons. The van der Waals surface area contributed by atoms with E-state index in [9.17, 15) is 33.9 Å². The van der Waals surface area contributed by atoms with Crippen LogP contribution < -0.4 is 21.7 Å². The SMILES string of the molecule is CC(O)C(NC(=O)C(CC(=O)O)NC(=O)CN)C(=O)NC(CCC(=O)O)C(=O)O. The van der Waals surface area contributed by atoms with Crippen LogP contribution in [-0.4, -0.2) is 86.8 Å². The summed E-state index contributed by atoms with van der Waals surface area (Å²) >= 11 is 0. The first-order valence-corrected chi connectivity index (χ1v) is 8.33. The summed E-state index contributed by atoms with van der Waals surface area (Å²) in [7, 11) is 0. The Hall–Kier alpha value is -3.26. The smallest absolute Gasteiger partial charge is 0.326 e. The Balaban J connectivity index is 5.29. The molecule has 14 heteroatoms. The standard InChI is InChI=1S/C15H24N4O10/c1-6(20)12(14(27)18-7(15(28)29)2-3-10(22)23)19-13(26)8(4-11(24)25)17-9(21)5-16/h6-8,12,20H,2-5,16H2,1H3,(H,17,21)(H,18,27)(H,19,26)(H,22,23)(H,24,25)(H,28,29). The van der Waals surface area contributed by atoms with Crippen molar-refractivity contribution in [3.05, 3.63) is 0 Å². The van der Waals surface area contributed by atoms with Crippen LogP contribution in [0.2, 0.25) is 0 Å². The molecule has 0 aromatic heterocycles. The van der Waals surface area contributed by atoms with Gasteiger partial charge in [-0.3, -0.25) is 24.0 Å². The molecule has 3 amide bonds. The summed E-state index contributed by atoms with van der Waals surface area (Å²) in [6.45, 7) is 0.565. The molecule has 0 aliphatic carbocycles. The number of hydrogen-bond donors (Lipinski definition) is 8. The van der Waals surface area contributed by atoms with E-state index >= 15 is 0 Å². The minimum atomic E-state index is -1.71. The van der Waals surface area contributed by atoms with Crippen molar-refractivity contribution in [1.82, 2.24) is 16.0 Å². The van der Waals surface area contributed by atoms with E-state index in [1.165, 1.54) is 0 Å². The monoisotopic (exact) mass is 420 g/mol. The second-order valence-corrected chi connectivity index (χ2v) is 5.98. The largest absolute Gasteiger partial charge is 0.481 e. The van der Waals surface area contributed by atoms with E-state index in [1.807, 2.05) is 16.0 Å². The highest BCUT2D eigenvalue weighted by Crippen LogP contribution is 2.03. The highest BCUT2D eigenvalue weighted by Gasteiger charge is 2.33. The lowest BCUT2D eigenvalue weighted by Crippen LogP contribution is -2.59. The summed E-state index contributed by atoms with van der Waals surface area (Å²) in [5.74, 6) is -7.39. The average molecular weight is 420 g/mol. The number of hydrogen-bond acceptors (Lipinski definition) is 8. The minimum Gasteiger partial charge on any atom is -0.481 e. The molecule has 0 saturated carbocycles. The molecular weight excluding hydrogens is 396 g/mol. The van der Waals surface area contributed by atoms with Crippen molar-refractivity contribution in [2.24, 2.45) is 5.73 Å². The third-order valence-electron chi connectivity index (χ3n) is 3.54. The lowest BCUT2D eigenvalue weighted by molar-refractivity contribution is -0.145. The average Bonchev–Trinajstić information content (AvgIpc) is 2.60. The van der Waals surface area contributed by atoms with Gasteiger partial charge >= 0.3 is 17.9 Å². The van der Waals surface area contributed by atoms with Gasteiger partial charge in [-0.2, -0.15) is 0 Å². The predicted molar refractivity (Wildman–Crippen MR) is 93.3 cm³/mol. The topological polar surface area (TPSA) is 245 Å². The summed E-state index contributed by atoms with van der Waals surface area (Å²) in [6.07, 6.45) is -3.40. The second-order valence-electron chi connectivity index (χ2n) is 5.98. The molecule has 0 fully saturated rings. The van der Waals surface area contributed by atoms with Gasteiger partial charge in [-0.05, 0) is 13.3 Å². The van der Waals surface area contributed by atoms with Gasteiger partial charge in [0.15, 0.2) is 0 Å². The van der Waals surface area contributed by atoms with Crippen LogP contribution in [0.3, 0.4) is 0 Å². The van der Waals surface area contributed by atoms with Gasteiger partial charge < -0.3 is 42.1 Å². The predicted octanol–water partition coefficient (Wildman–Crippen LogP) is -3.80. The number of nitrogens with one attached hydrogen (secondary N) is 3. The van der Waals surface area contributed by atoms with Crippen LogP contribution in [0.5, 0.6) is 0 Å². The lowest BCUT2D eigenvalue weighted by atomic mass is 10.1. The fourth-order valence-electron chi connectivity index (χ4n) is 2.08. The number of carbonyl (C=O) groups excluding carboxylic acids is 3. The first-order valence-electron chi connectivity index (χ1n) is 8.33. The van der Waals surface area contributed by atoms with E-state index in [0.29, 0.717) is 0 Å². The third kappa shape index (κ3) is 10.0. The molecule has 0 radical (unpaired) electrons. The molecule has 0 aromatic rings. The van der Waals surface area contributed by atoms with E-state index in [2.05, 4.69) is 0 Å². The van der Waals surface area contributed by atoms with E-state index in [-0.39, 0.29) is 0 Å². The summed E-state index contributed by atoms with van der Waals surface area (Å²) in [4.78, 5) is 68.5. The van der Waals surface area contributed by atoms with Gasteiger partial charge in [0, 0.05) is 6.42 Å². The second kappa shape index (κ2) is 12.2. The zero-order chi connectivity index (χ0) is 22.7. The molecule has 0 bridgehead atoms. The number of carbonyl (C=O) groups is 6. The van der Waals surface area contributed by atoms with Gasteiger partial charge in [0.2, 0.25) is 17.7 Å². The molecule has 29 heavy (non-hydrogen) atoms. The molecule has 0 aromatic carbocycles. The highest BCUT2D eigenvalue weighted by atomic mass is 16.4. The number of aliphatic carboxylic acids is 3. The number of aliphatic hydroxyl groups excluding tert-OH is 1. The van der Waals surface area contributed by atoms with Gasteiger partial charge in [0.1, 0.15) is 18.1 Å². The Morgan fingerprint density at radius 1 is 0.862 bits per heavy atom. The number of carboxylic acids is 3. The molecule has 0 rings (SSSR count). The Bertz CT molecular complexity index is 651. The molecule has 0 aliphatic rings. The van der Waals surface area contributed by atoms with E-state index in [0.717, 1.165) is 6.92 Å². The first kappa shape index (κ1) is 25.7. The van der Waals surface area contributed by atoms with Gasteiger partial charge in [0.05, 0.1) is 19.1 Å². The van der Waals surface area contributed by atoms with E-state index < -0.39 is 85.7 Å². The number of rotatable bonds is 13. The van der Waals surface area contributed by atoms with Crippen molar-refractivity contribution in [2.45, 2.75) is 50.4 Å². The van der Waals surface area contributed by atoms with Gasteiger partial charge in [0.25, 0.3) is 0 Å². The van der Waals surface area contributed by atoms with Gasteiger partial charge in [-0.15, -0.1) is 0 Å².